The number of aryl methyl sites for hydroxylation is 1. The number of hydrogen-bond acceptors (Lipinski definition) is 6. The lowest BCUT2D eigenvalue weighted by molar-refractivity contribution is -0.144. The van der Waals surface area contributed by atoms with Crippen molar-refractivity contribution in [1.82, 2.24) is 0 Å². The van der Waals surface area contributed by atoms with E-state index < -0.39 is 11.7 Å². The highest BCUT2D eigenvalue weighted by atomic mass is 16.6. The van der Waals surface area contributed by atoms with Gasteiger partial charge in [0.05, 0.1) is 26.4 Å². The van der Waals surface area contributed by atoms with Gasteiger partial charge in [0.15, 0.2) is 0 Å². The van der Waals surface area contributed by atoms with E-state index in [0.29, 0.717) is 50.9 Å². The van der Waals surface area contributed by atoms with Gasteiger partial charge in [0, 0.05) is 12.1 Å². The zero-order valence-corrected chi connectivity index (χ0v) is 20.0. The van der Waals surface area contributed by atoms with E-state index in [0.717, 1.165) is 11.1 Å². The molecule has 1 rings (SSSR count). The maximum atomic E-state index is 12.2. The molecule has 7 heteroatoms. The van der Waals surface area contributed by atoms with Gasteiger partial charge in [-0.15, -0.1) is 6.42 Å². The molecule has 1 N–H and O–H groups in total. The molecule has 1 aromatic rings. The van der Waals surface area contributed by atoms with Gasteiger partial charge >= 0.3 is 12.1 Å². The third kappa shape index (κ3) is 13.7. The Bertz CT molecular complexity index is 761. The maximum Gasteiger partial charge on any atom is 0.412 e. The summed E-state index contributed by atoms with van der Waals surface area (Å²) >= 11 is 0. The number of hydrogen-bond donors (Lipinski definition) is 1. The van der Waals surface area contributed by atoms with Crippen molar-refractivity contribution in [3.05, 3.63) is 29.3 Å². The third-order valence-electron chi connectivity index (χ3n) is 3.99. The lowest BCUT2D eigenvalue weighted by Gasteiger charge is -2.20. The van der Waals surface area contributed by atoms with Crippen LogP contribution in [0.4, 0.5) is 10.5 Å². The maximum absolute atomic E-state index is 12.2. The second-order valence-electron chi connectivity index (χ2n) is 8.86. The highest BCUT2D eigenvalue weighted by Gasteiger charge is 2.17. The molecule has 1 amide bonds. The minimum absolute atomic E-state index is 0.235. The van der Waals surface area contributed by atoms with Crippen LogP contribution in [0.1, 0.15) is 52.2 Å². The van der Waals surface area contributed by atoms with E-state index in [-0.39, 0.29) is 19.0 Å². The molecule has 0 aliphatic carbocycles. The van der Waals surface area contributed by atoms with Crippen molar-refractivity contribution in [3.63, 3.8) is 0 Å². The molecule has 7 nitrogen and oxygen atoms in total. The monoisotopic (exact) mass is 447 g/mol. The Hall–Kier alpha value is -2.56. The number of rotatable bonds is 13. The van der Waals surface area contributed by atoms with Crippen LogP contribution in [0, 0.1) is 18.3 Å². The number of benzene rings is 1. The number of terminal acetylenes is 1. The Morgan fingerprint density at radius 1 is 1.03 bits per heavy atom. The summed E-state index contributed by atoms with van der Waals surface area (Å²) < 4.78 is 21.4. The predicted octanol–water partition coefficient (Wildman–Crippen LogP) is 4.37. The fraction of sp³-hybridized carbons (Fsp3) is 0.600. The highest BCUT2D eigenvalue weighted by Crippen LogP contribution is 2.19. The predicted molar refractivity (Wildman–Crippen MR) is 125 cm³/mol. The highest BCUT2D eigenvalue weighted by molar-refractivity contribution is 5.85. The standard InChI is InChI=1S/C25H37NO6/c1-7-11-29-13-14-30-12-10-21-15-20(8-9-23(27)31-18-19(2)3)16-22(17-21)26-24(28)32-25(4,5)6/h1,15-17,19H,8-14,18H2,2-6H3,(H,26,28). The molecular weight excluding hydrogens is 410 g/mol. The summed E-state index contributed by atoms with van der Waals surface area (Å²) in [5, 5.41) is 2.77. The van der Waals surface area contributed by atoms with Crippen molar-refractivity contribution in [2.45, 2.75) is 59.5 Å². The fourth-order valence-electron chi connectivity index (χ4n) is 2.66. The Morgan fingerprint density at radius 3 is 2.31 bits per heavy atom. The second kappa shape index (κ2) is 14.5. The van der Waals surface area contributed by atoms with Gasteiger partial charge < -0.3 is 18.9 Å². The van der Waals surface area contributed by atoms with Crippen molar-refractivity contribution < 1.29 is 28.5 Å². The van der Waals surface area contributed by atoms with Crippen LogP contribution in [-0.4, -0.2) is 50.7 Å². The smallest absolute Gasteiger partial charge is 0.412 e. The van der Waals surface area contributed by atoms with E-state index >= 15 is 0 Å². The van der Waals surface area contributed by atoms with Crippen LogP contribution in [0.5, 0.6) is 0 Å². The van der Waals surface area contributed by atoms with E-state index in [4.69, 9.17) is 25.4 Å². The van der Waals surface area contributed by atoms with Crippen molar-refractivity contribution >= 4 is 17.7 Å². The van der Waals surface area contributed by atoms with Crippen LogP contribution < -0.4 is 5.32 Å². The summed E-state index contributed by atoms with van der Waals surface area (Å²) in [6, 6.07) is 5.73. The molecule has 32 heavy (non-hydrogen) atoms. The molecule has 0 aromatic heterocycles. The van der Waals surface area contributed by atoms with Crippen LogP contribution >= 0.6 is 0 Å². The number of anilines is 1. The molecule has 0 saturated heterocycles. The first-order valence-corrected chi connectivity index (χ1v) is 11.0. The molecule has 0 aliphatic heterocycles. The molecule has 0 spiro atoms. The van der Waals surface area contributed by atoms with Crippen molar-refractivity contribution in [2.24, 2.45) is 5.92 Å². The molecule has 0 atom stereocenters. The number of esters is 1. The normalized spacial score (nSPS) is 11.2. The summed E-state index contributed by atoms with van der Waals surface area (Å²) in [5.41, 5.74) is 1.92. The van der Waals surface area contributed by atoms with Crippen LogP contribution in [0.15, 0.2) is 18.2 Å². The molecule has 0 radical (unpaired) electrons. The fourth-order valence-corrected chi connectivity index (χ4v) is 2.66. The Kier molecular flexibility index (Phi) is 12.4. The van der Waals surface area contributed by atoms with Crippen molar-refractivity contribution in [2.75, 3.05) is 38.4 Å². The van der Waals surface area contributed by atoms with Gasteiger partial charge in [-0.3, -0.25) is 10.1 Å². The largest absolute Gasteiger partial charge is 0.465 e. The molecule has 0 fully saturated rings. The molecule has 0 bridgehead atoms. The van der Waals surface area contributed by atoms with Gasteiger partial charge in [-0.2, -0.15) is 0 Å². The average Bonchev–Trinajstić information content (AvgIpc) is 2.68. The van der Waals surface area contributed by atoms with Crippen LogP contribution in [-0.2, 0) is 36.6 Å². The number of carbonyl (C=O) groups is 2. The van der Waals surface area contributed by atoms with Gasteiger partial charge in [0.2, 0.25) is 0 Å². The lowest BCUT2D eigenvalue weighted by Crippen LogP contribution is -2.27. The second-order valence-corrected chi connectivity index (χ2v) is 8.86. The third-order valence-corrected chi connectivity index (χ3v) is 3.99. The Balaban J connectivity index is 2.74. The van der Waals surface area contributed by atoms with E-state index in [9.17, 15) is 9.59 Å². The van der Waals surface area contributed by atoms with Crippen LogP contribution in [0.3, 0.4) is 0 Å². The SMILES string of the molecule is C#CCOCCOCCc1cc(CCC(=O)OCC(C)C)cc(NC(=O)OC(C)(C)C)c1. The molecule has 178 valence electrons. The van der Waals surface area contributed by atoms with Gasteiger partial charge in [0.25, 0.3) is 0 Å². The topological polar surface area (TPSA) is 83.1 Å². The summed E-state index contributed by atoms with van der Waals surface area (Å²) in [6.45, 7) is 11.5. The first kappa shape index (κ1) is 27.5. The minimum atomic E-state index is -0.597. The Morgan fingerprint density at radius 2 is 1.69 bits per heavy atom. The number of carbonyl (C=O) groups excluding carboxylic acids is 2. The minimum Gasteiger partial charge on any atom is -0.465 e. The van der Waals surface area contributed by atoms with Crippen LogP contribution in [0.2, 0.25) is 0 Å². The lowest BCUT2D eigenvalue weighted by atomic mass is 10.0. The summed E-state index contributed by atoms with van der Waals surface area (Å²) in [5.74, 6) is 2.46. The molecular formula is C25H37NO6. The van der Waals surface area contributed by atoms with Gasteiger partial charge in [-0.05, 0) is 62.8 Å². The zero-order chi connectivity index (χ0) is 24.0. The van der Waals surface area contributed by atoms with Crippen molar-refractivity contribution in [3.8, 4) is 12.3 Å². The van der Waals surface area contributed by atoms with E-state index in [1.54, 1.807) is 0 Å². The molecule has 0 saturated carbocycles. The number of amides is 1. The molecule has 0 unspecified atom stereocenters. The number of nitrogens with one attached hydrogen (secondary N) is 1. The summed E-state index contributed by atoms with van der Waals surface area (Å²) in [6.07, 6.45) is 6.02. The first-order chi connectivity index (χ1) is 15.1. The summed E-state index contributed by atoms with van der Waals surface area (Å²) in [4.78, 5) is 24.2. The molecule has 1 aromatic carbocycles. The number of ether oxygens (including phenoxy) is 4. The van der Waals surface area contributed by atoms with E-state index in [1.807, 2.05) is 52.8 Å². The zero-order valence-electron chi connectivity index (χ0n) is 20.0. The van der Waals surface area contributed by atoms with Gasteiger partial charge in [-0.25, -0.2) is 4.79 Å². The van der Waals surface area contributed by atoms with Gasteiger partial charge in [-0.1, -0.05) is 25.8 Å². The van der Waals surface area contributed by atoms with E-state index in [1.165, 1.54) is 0 Å². The molecule has 0 aliphatic rings. The van der Waals surface area contributed by atoms with Crippen LogP contribution in [0.25, 0.3) is 0 Å². The average molecular weight is 448 g/mol. The van der Waals surface area contributed by atoms with E-state index in [2.05, 4.69) is 11.2 Å². The quantitative estimate of drug-likeness (QED) is 0.275. The first-order valence-electron chi connectivity index (χ1n) is 11.0. The van der Waals surface area contributed by atoms with Gasteiger partial charge in [0.1, 0.15) is 12.2 Å². The van der Waals surface area contributed by atoms with Crippen molar-refractivity contribution in [1.29, 1.82) is 0 Å². The Labute approximate surface area is 192 Å². The summed E-state index contributed by atoms with van der Waals surface area (Å²) in [7, 11) is 0. The molecule has 0 heterocycles.